The summed E-state index contributed by atoms with van der Waals surface area (Å²) in [6.45, 7) is 2.94. The second-order valence-corrected chi connectivity index (χ2v) is 7.86. The summed E-state index contributed by atoms with van der Waals surface area (Å²) >= 11 is 0. The van der Waals surface area contributed by atoms with E-state index in [1.807, 2.05) is 36.4 Å². The summed E-state index contributed by atoms with van der Waals surface area (Å²) in [4.78, 5) is 14.6. The Balaban J connectivity index is 1.41. The molecule has 3 aromatic rings. The first-order chi connectivity index (χ1) is 14.1. The zero-order valence-corrected chi connectivity index (χ0v) is 16.3. The zero-order valence-electron chi connectivity index (χ0n) is 16.3. The number of phenolic OH excluding ortho intramolecular Hbond substituents is 1. The molecule has 1 unspecified atom stereocenters. The number of ether oxygens (including phenoxy) is 1. The van der Waals surface area contributed by atoms with Crippen LogP contribution in [0.2, 0.25) is 0 Å². The molecule has 1 N–H and O–H groups in total. The fraction of sp³-hybridized carbons (Fsp3) is 0.240. The molecule has 1 amide bonds. The number of phenols is 1. The van der Waals surface area contributed by atoms with Gasteiger partial charge in [-0.15, -0.1) is 0 Å². The Morgan fingerprint density at radius 3 is 2.28 bits per heavy atom. The van der Waals surface area contributed by atoms with Crippen molar-refractivity contribution >= 4 is 11.8 Å². The lowest BCUT2D eigenvalue weighted by Crippen LogP contribution is -2.37. The molecular formula is C25H23NO3. The van der Waals surface area contributed by atoms with Gasteiger partial charge in [0.05, 0.1) is 5.69 Å². The van der Waals surface area contributed by atoms with E-state index in [1.165, 1.54) is 22.3 Å². The second-order valence-electron chi connectivity index (χ2n) is 7.86. The minimum Gasteiger partial charge on any atom is -0.506 e. The van der Waals surface area contributed by atoms with Gasteiger partial charge in [-0.25, -0.2) is 4.79 Å². The lowest BCUT2D eigenvalue weighted by molar-refractivity contribution is 0.149. The molecule has 4 nitrogen and oxygen atoms in total. The third-order valence-corrected chi connectivity index (χ3v) is 6.19. The Hall–Kier alpha value is -3.27. The number of anilines is 1. The highest BCUT2D eigenvalue weighted by molar-refractivity contribution is 5.92. The summed E-state index contributed by atoms with van der Waals surface area (Å²) in [5.74, 6) is 0.455. The molecule has 29 heavy (non-hydrogen) atoms. The first kappa shape index (κ1) is 17.8. The van der Waals surface area contributed by atoms with Gasteiger partial charge in [0, 0.05) is 12.5 Å². The van der Waals surface area contributed by atoms with E-state index in [0.29, 0.717) is 18.2 Å². The van der Waals surface area contributed by atoms with Gasteiger partial charge in [-0.3, -0.25) is 4.90 Å². The predicted octanol–water partition coefficient (Wildman–Crippen LogP) is 5.65. The molecule has 1 atom stereocenters. The molecule has 0 saturated heterocycles. The van der Waals surface area contributed by atoms with Gasteiger partial charge in [0.15, 0.2) is 0 Å². The summed E-state index contributed by atoms with van der Waals surface area (Å²) in [5, 5.41) is 10.4. The Bertz CT molecular complexity index is 1050. The van der Waals surface area contributed by atoms with E-state index in [0.717, 1.165) is 12.0 Å². The molecule has 0 aromatic heterocycles. The standard InChI is InChI=1S/C25H23NO3/c1-16-13-14-26(24-17(16)11-6-12-23(24)27)25(28)29-15-22-20-9-4-2-7-18(20)19-8-3-5-10-21(19)22/h2-12,16,22,27H,13-15H2,1H3. The Labute approximate surface area is 170 Å². The minimum absolute atomic E-state index is 0.0268. The summed E-state index contributed by atoms with van der Waals surface area (Å²) in [5.41, 5.74) is 6.38. The summed E-state index contributed by atoms with van der Waals surface area (Å²) in [6.07, 6.45) is 0.446. The largest absolute Gasteiger partial charge is 0.506 e. The maximum absolute atomic E-state index is 13.0. The van der Waals surface area contributed by atoms with Crippen LogP contribution in [0.3, 0.4) is 0 Å². The fourth-order valence-corrected chi connectivity index (χ4v) is 4.69. The molecule has 0 saturated carbocycles. The average Bonchev–Trinajstić information content (AvgIpc) is 3.07. The van der Waals surface area contributed by atoms with Gasteiger partial charge in [0.25, 0.3) is 0 Å². The number of hydrogen-bond acceptors (Lipinski definition) is 3. The third-order valence-electron chi connectivity index (χ3n) is 6.19. The maximum Gasteiger partial charge on any atom is 0.414 e. The van der Waals surface area contributed by atoms with Crippen molar-refractivity contribution in [2.75, 3.05) is 18.1 Å². The Morgan fingerprint density at radius 1 is 0.966 bits per heavy atom. The molecule has 1 heterocycles. The van der Waals surface area contributed by atoms with Crippen molar-refractivity contribution < 1.29 is 14.6 Å². The van der Waals surface area contributed by atoms with Gasteiger partial charge in [-0.2, -0.15) is 0 Å². The Morgan fingerprint density at radius 2 is 1.59 bits per heavy atom. The van der Waals surface area contributed by atoms with Gasteiger partial charge in [0.2, 0.25) is 0 Å². The van der Waals surface area contributed by atoms with Crippen molar-refractivity contribution in [3.05, 3.63) is 83.4 Å². The van der Waals surface area contributed by atoms with Crippen LogP contribution >= 0.6 is 0 Å². The number of rotatable bonds is 2. The maximum atomic E-state index is 13.0. The lowest BCUT2D eigenvalue weighted by Gasteiger charge is -2.33. The molecule has 146 valence electrons. The number of carbonyl (C=O) groups is 1. The van der Waals surface area contributed by atoms with Crippen LogP contribution in [0.4, 0.5) is 10.5 Å². The third kappa shape index (κ3) is 2.87. The summed E-state index contributed by atoms with van der Waals surface area (Å²) in [7, 11) is 0. The predicted molar refractivity (Wildman–Crippen MR) is 114 cm³/mol. The van der Waals surface area contributed by atoms with Gasteiger partial charge in [-0.05, 0) is 46.2 Å². The number of fused-ring (bicyclic) bond motifs is 4. The number of amides is 1. The van der Waals surface area contributed by atoms with Crippen LogP contribution in [0.25, 0.3) is 11.1 Å². The van der Waals surface area contributed by atoms with E-state index in [1.54, 1.807) is 11.0 Å². The molecule has 5 rings (SSSR count). The van der Waals surface area contributed by atoms with Crippen LogP contribution < -0.4 is 4.90 Å². The van der Waals surface area contributed by atoms with E-state index >= 15 is 0 Å². The number of benzene rings is 3. The zero-order chi connectivity index (χ0) is 20.0. The van der Waals surface area contributed by atoms with Gasteiger partial charge >= 0.3 is 6.09 Å². The van der Waals surface area contributed by atoms with Gasteiger partial charge in [-0.1, -0.05) is 67.6 Å². The SMILES string of the molecule is CC1CCN(C(=O)OCC2c3ccccc3-c3ccccc32)c2c(O)cccc21. The van der Waals surface area contributed by atoms with Crippen molar-refractivity contribution in [1.29, 1.82) is 0 Å². The Kier molecular flexibility index (Phi) is 4.27. The van der Waals surface area contributed by atoms with Gasteiger partial charge in [0.1, 0.15) is 12.4 Å². The highest BCUT2D eigenvalue weighted by Crippen LogP contribution is 2.45. The topological polar surface area (TPSA) is 49.8 Å². The van der Waals surface area contributed by atoms with Crippen molar-refractivity contribution in [2.24, 2.45) is 0 Å². The van der Waals surface area contributed by atoms with Crippen LogP contribution in [0.5, 0.6) is 5.75 Å². The number of carbonyl (C=O) groups excluding carboxylic acids is 1. The smallest absolute Gasteiger partial charge is 0.414 e. The summed E-state index contributed by atoms with van der Waals surface area (Å²) < 4.78 is 5.80. The molecule has 0 spiro atoms. The van der Waals surface area contributed by atoms with Crippen LogP contribution in [0.1, 0.15) is 41.9 Å². The number of hydrogen-bond donors (Lipinski definition) is 1. The molecule has 1 aliphatic heterocycles. The highest BCUT2D eigenvalue weighted by atomic mass is 16.6. The molecule has 0 radical (unpaired) electrons. The van der Waals surface area contributed by atoms with E-state index in [2.05, 4.69) is 31.2 Å². The van der Waals surface area contributed by atoms with E-state index in [9.17, 15) is 9.90 Å². The van der Waals surface area contributed by atoms with Crippen molar-refractivity contribution in [3.8, 4) is 16.9 Å². The first-order valence-corrected chi connectivity index (χ1v) is 10.1. The highest BCUT2D eigenvalue weighted by Gasteiger charge is 2.33. The molecule has 1 aliphatic carbocycles. The number of para-hydroxylation sites is 1. The van der Waals surface area contributed by atoms with Crippen molar-refractivity contribution in [3.63, 3.8) is 0 Å². The number of nitrogens with zero attached hydrogens (tertiary/aromatic N) is 1. The average molecular weight is 385 g/mol. The van der Waals surface area contributed by atoms with E-state index in [-0.39, 0.29) is 18.3 Å². The summed E-state index contributed by atoms with van der Waals surface area (Å²) in [6, 6.07) is 22.0. The van der Waals surface area contributed by atoms with Crippen LogP contribution in [-0.4, -0.2) is 24.4 Å². The molecule has 0 bridgehead atoms. The molecule has 4 heteroatoms. The van der Waals surface area contributed by atoms with E-state index in [4.69, 9.17) is 4.74 Å². The first-order valence-electron chi connectivity index (χ1n) is 10.1. The van der Waals surface area contributed by atoms with Gasteiger partial charge < -0.3 is 9.84 Å². The molecular weight excluding hydrogens is 362 g/mol. The van der Waals surface area contributed by atoms with Crippen LogP contribution in [0, 0.1) is 0 Å². The second kappa shape index (κ2) is 6.96. The molecule has 3 aromatic carbocycles. The fourth-order valence-electron chi connectivity index (χ4n) is 4.69. The number of aromatic hydroxyl groups is 1. The van der Waals surface area contributed by atoms with E-state index < -0.39 is 6.09 Å². The van der Waals surface area contributed by atoms with Crippen LogP contribution in [0.15, 0.2) is 66.7 Å². The van der Waals surface area contributed by atoms with Crippen LogP contribution in [-0.2, 0) is 4.74 Å². The lowest BCUT2D eigenvalue weighted by atomic mass is 9.91. The van der Waals surface area contributed by atoms with Crippen molar-refractivity contribution in [2.45, 2.75) is 25.2 Å². The minimum atomic E-state index is -0.401. The monoisotopic (exact) mass is 385 g/mol. The van der Waals surface area contributed by atoms with Crippen molar-refractivity contribution in [1.82, 2.24) is 0 Å². The molecule has 2 aliphatic rings. The normalized spacial score (nSPS) is 17.4. The molecule has 0 fully saturated rings. The quantitative estimate of drug-likeness (QED) is 0.620.